The number of nitrogens with zero attached hydrogens (tertiary/aromatic N) is 3. The highest BCUT2D eigenvalue weighted by molar-refractivity contribution is 6.30. The van der Waals surface area contributed by atoms with Crippen molar-refractivity contribution in [2.24, 2.45) is 0 Å². The molecular formula is C13H19ClFN3. The van der Waals surface area contributed by atoms with Crippen LogP contribution < -0.4 is 4.90 Å². The molecular weight excluding hydrogens is 253 g/mol. The maximum absolute atomic E-state index is 13.8. The topological polar surface area (TPSA) is 19.4 Å². The molecule has 2 rings (SSSR count). The molecule has 1 saturated carbocycles. The molecule has 1 aromatic rings. The van der Waals surface area contributed by atoms with Crippen molar-refractivity contribution in [3.63, 3.8) is 0 Å². The minimum atomic E-state index is -0.363. The molecule has 0 spiro atoms. The molecule has 0 radical (unpaired) electrons. The number of rotatable bonds is 4. The van der Waals surface area contributed by atoms with Gasteiger partial charge in [0.2, 0.25) is 0 Å². The predicted octanol–water partition coefficient (Wildman–Crippen LogP) is 2.79. The molecule has 18 heavy (non-hydrogen) atoms. The summed E-state index contributed by atoms with van der Waals surface area (Å²) in [7, 11) is 6.04. The zero-order valence-corrected chi connectivity index (χ0v) is 11.8. The van der Waals surface area contributed by atoms with E-state index in [0.717, 1.165) is 19.4 Å². The molecule has 0 amide bonds. The highest BCUT2D eigenvalue weighted by Crippen LogP contribution is 2.37. The second-order valence-corrected chi connectivity index (χ2v) is 5.72. The van der Waals surface area contributed by atoms with Crippen LogP contribution in [0.2, 0.25) is 5.02 Å². The molecule has 1 aromatic heterocycles. The van der Waals surface area contributed by atoms with E-state index in [1.165, 1.54) is 18.7 Å². The molecule has 3 nitrogen and oxygen atoms in total. The van der Waals surface area contributed by atoms with Crippen molar-refractivity contribution < 1.29 is 4.39 Å². The summed E-state index contributed by atoms with van der Waals surface area (Å²) in [4.78, 5) is 8.20. The second kappa shape index (κ2) is 5.02. The third-order valence-electron chi connectivity index (χ3n) is 3.91. The maximum Gasteiger partial charge on any atom is 0.167 e. The Labute approximate surface area is 113 Å². The lowest BCUT2D eigenvalue weighted by atomic mass is 9.75. The number of hydrogen-bond acceptors (Lipinski definition) is 3. The molecule has 0 aromatic carbocycles. The first-order chi connectivity index (χ1) is 8.44. The van der Waals surface area contributed by atoms with Crippen molar-refractivity contribution in [3.05, 3.63) is 23.1 Å². The molecule has 1 fully saturated rings. The number of likely N-dealkylation sites (N-methyl/N-ethyl adjacent to an activating group) is 2. The van der Waals surface area contributed by atoms with Crippen molar-refractivity contribution in [3.8, 4) is 0 Å². The lowest BCUT2D eigenvalue weighted by molar-refractivity contribution is 0.0680. The Bertz CT molecular complexity index is 432. The van der Waals surface area contributed by atoms with E-state index in [1.807, 2.05) is 11.9 Å². The quantitative estimate of drug-likeness (QED) is 0.839. The Morgan fingerprint density at radius 2 is 2.06 bits per heavy atom. The molecule has 1 heterocycles. The van der Waals surface area contributed by atoms with Crippen LogP contribution in [-0.4, -0.2) is 43.1 Å². The van der Waals surface area contributed by atoms with Crippen LogP contribution in [0.15, 0.2) is 12.3 Å². The number of pyridine rings is 1. The number of halogens is 2. The molecule has 0 saturated heterocycles. The Morgan fingerprint density at radius 3 is 2.50 bits per heavy atom. The molecule has 0 bridgehead atoms. The SMILES string of the molecule is CN(CC1(N(C)C)CCC1)c1ncc(Cl)cc1F. The van der Waals surface area contributed by atoms with Crippen LogP contribution in [0.4, 0.5) is 10.2 Å². The summed E-state index contributed by atoms with van der Waals surface area (Å²) in [5.41, 5.74) is 0.155. The van der Waals surface area contributed by atoms with E-state index in [1.54, 1.807) is 0 Å². The van der Waals surface area contributed by atoms with Gasteiger partial charge in [-0.3, -0.25) is 0 Å². The normalized spacial score (nSPS) is 17.7. The summed E-state index contributed by atoms with van der Waals surface area (Å²) >= 11 is 5.71. The summed E-state index contributed by atoms with van der Waals surface area (Å²) in [5, 5.41) is 0.329. The van der Waals surface area contributed by atoms with Crippen molar-refractivity contribution in [1.82, 2.24) is 9.88 Å². The lowest BCUT2D eigenvalue weighted by Crippen LogP contribution is -2.57. The fourth-order valence-corrected chi connectivity index (χ4v) is 2.68. The van der Waals surface area contributed by atoms with Crippen LogP contribution in [0.1, 0.15) is 19.3 Å². The van der Waals surface area contributed by atoms with E-state index in [4.69, 9.17) is 11.6 Å². The van der Waals surface area contributed by atoms with Gasteiger partial charge in [0.25, 0.3) is 0 Å². The monoisotopic (exact) mass is 271 g/mol. The number of hydrogen-bond donors (Lipinski definition) is 0. The van der Waals surface area contributed by atoms with Gasteiger partial charge >= 0.3 is 0 Å². The average Bonchev–Trinajstić information content (AvgIpc) is 2.22. The van der Waals surface area contributed by atoms with Crippen LogP contribution >= 0.6 is 11.6 Å². The maximum atomic E-state index is 13.8. The van der Waals surface area contributed by atoms with Crippen LogP contribution in [0.5, 0.6) is 0 Å². The first-order valence-electron chi connectivity index (χ1n) is 6.14. The number of anilines is 1. The smallest absolute Gasteiger partial charge is 0.167 e. The van der Waals surface area contributed by atoms with Gasteiger partial charge in [0, 0.05) is 25.3 Å². The standard InChI is InChI=1S/C13H19ClFN3/c1-17(2)13(5-4-6-13)9-18(3)12-11(15)7-10(14)8-16-12/h7-8H,4-6,9H2,1-3H3. The summed E-state index contributed by atoms with van der Waals surface area (Å²) < 4.78 is 13.8. The van der Waals surface area contributed by atoms with Gasteiger partial charge in [0.1, 0.15) is 0 Å². The second-order valence-electron chi connectivity index (χ2n) is 5.29. The Morgan fingerprint density at radius 1 is 1.39 bits per heavy atom. The van der Waals surface area contributed by atoms with Crippen molar-refractivity contribution in [2.45, 2.75) is 24.8 Å². The van der Waals surface area contributed by atoms with Crippen molar-refractivity contribution in [1.29, 1.82) is 0 Å². The van der Waals surface area contributed by atoms with Gasteiger partial charge in [0.05, 0.1) is 5.02 Å². The molecule has 5 heteroatoms. The van der Waals surface area contributed by atoms with Gasteiger partial charge in [0.15, 0.2) is 11.6 Å². The van der Waals surface area contributed by atoms with Gasteiger partial charge in [-0.1, -0.05) is 11.6 Å². The Hall–Kier alpha value is -0.870. The summed E-state index contributed by atoms with van der Waals surface area (Å²) in [6.45, 7) is 0.783. The Balaban J connectivity index is 2.14. The molecule has 0 N–H and O–H groups in total. The Kier molecular flexibility index (Phi) is 3.78. The highest BCUT2D eigenvalue weighted by Gasteiger charge is 2.40. The predicted molar refractivity (Wildman–Crippen MR) is 72.7 cm³/mol. The third-order valence-corrected chi connectivity index (χ3v) is 4.12. The van der Waals surface area contributed by atoms with E-state index < -0.39 is 0 Å². The first-order valence-corrected chi connectivity index (χ1v) is 6.52. The van der Waals surface area contributed by atoms with Gasteiger partial charge in [-0.25, -0.2) is 9.37 Å². The average molecular weight is 272 g/mol. The third kappa shape index (κ3) is 2.45. The van der Waals surface area contributed by atoms with Crippen molar-refractivity contribution >= 4 is 17.4 Å². The molecule has 0 aliphatic heterocycles. The molecule has 1 aliphatic carbocycles. The van der Waals surface area contributed by atoms with Gasteiger partial charge in [-0.15, -0.1) is 0 Å². The van der Waals surface area contributed by atoms with Gasteiger partial charge in [-0.05, 0) is 39.4 Å². The van der Waals surface area contributed by atoms with E-state index in [0.29, 0.717) is 10.8 Å². The van der Waals surface area contributed by atoms with Gasteiger partial charge < -0.3 is 9.80 Å². The van der Waals surface area contributed by atoms with Crippen LogP contribution in [0, 0.1) is 5.82 Å². The van der Waals surface area contributed by atoms with Gasteiger partial charge in [-0.2, -0.15) is 0 Å². The summed E-state index contributed by atoms with van der Waals surface area (Å²) in [5.74, 6) is 0.00533. The van der Waals surface area contributed by atoms with E-state index in [2.05, 4.69) is 24.0 Å². The summed E-state index contributed by atoms with van der Waals surface area (Å²) in [6, 6.07) is 1.31. The zero-order valence-electron chi connectivity index (χ0n) is 11.1. The zero-order chi connectivity index (χ0) is 13.3. The van der Waals surface area contributed by atoms with E-state index in [9.17, 15) is 4.39 Å². The first kappa shape index (κ1) is 13.6. The fraction of sp³-hybridized carbons (Fsp3) is 0.615. The van der Waals surface area contributed by atoms with Crippen LogP contribution in [0.25, 0.3) is 0 Å². The van der Waals surface area contributed by atoms with E-state index in [-0.39, 0.29) is 11.4 Å². The minimum absolute atomic E-state index is 0.155. The van der Waals surface area contributed by atoms with Crippen LogP contribution in [-0.2, 0) is 0 Å². The lowest BCUT2D eigenvalue weighted by Gasteiger charge is -2.49. The van der Waals surface area contributed by atoms with Crippen LogP contribution in [0.3, 0.4) is 0 Å². The number of aromatic nitrogens is 1. The molecule has 0 atom stereocenters. The molecule has 1 aliphatic rings. The summed E-state index contributed by atoms with van der Waals surface area (Å²) in [6.07, 6.45) is 5.03. The molecule has 100 valence electrons. The fourth-order valence-electron chi connectivity index (χ4n) is 2.54. The molecule has 0 unspecified atom stereocenters. The highest BCUT2D eigenvalue weighted by atomic mass is 35.5. The minimum Gasteiger partial charge on any atom is -0.355 e. The largest absolute Gasteiger partial charge is 0.355 e. The van der Waals surface area contributed by atoms with E-state index >= 15 is 0 Å². The van der Waals surface area contributed by atoms with Crippen molar-refractivity contribution in [2.75, 3.05) is 32.6 Å².